The Morgan fingerprint density at radius 1 is 1.33 bits per heavy atom. The molecule has 1 unspecified atom stereocenters. The van der Waals surface area contributed by atoms with Crippen LogP contribution in [-0.2, 0) is 11.3 Å². The zero-order valence-electron chi connectivity index (χ0n) is 12.2. The fourth-order valence-electron chi connectivity index (χ4n) is 2.37. The number of alkyl carbamates (subject to hydrolysis) is 1. The molecular formula is C15H21N3O3. The average molecular weight is 291 g/mol. The molecule has 0 radical (unpaired) electrons. The van der Waals surface area contributed by atoms with Gasteiger partial charge in [-0.2, -0.15) is 0 Å². The number of urea groups is 1. The van der Waals surface area contributed by atoms with Crippen molar-refractivity contribution in [1.82, 2.24) is 15.5 Å². The molecule has 0 spiro atoms. The van der Waals surface area contributed by atoms with Crippen molar-refractivity contribution in [2.45, 2.75) is 25.5 Å². The largest absolute Gasteiger partial charge is 0.445 e. The van der Waals surface area contributed by atoms with Crippen LogP contribution in [0.3, 0.4) is 0 Å². The highest BCUT2D eigenvalue weighted by Gasteiger charge is 2.24. The highest BCUT2D eigenvalue weighted by Crippen LogP contribution is 2.10. The Morgan fingerprint density at radius 2 is 2.10 bits per heavy atom. The predicted octanol–water partition coefficient (Wildman–Crippen LogP) is 1.72. The lowest BCUT2D eigenvalue weighted by Crippen LogP contribution is -2.51. The van der Waals surface area contributed by atoms with Gasteiger partial charge >= 0.3 is 12.1 Å². The highest BCUT2D eigenvalue weighted by atomic mass is 16.5. The van der Waals surface area contributed by atoms with E-state index in [1.807, 2.05) is 30.3 Å². The lowest BCUT2D eigenvalue weighted by Gasteiger charge is -2.32. The number of hydrogen-bond acceptors (Lipinski definition) is 3. The number of nitrogens with zero attached hydrogens (tertiary/aromatic N) is 1. The smallest absolute Gasteiger partial charge is 0.407 e. The molecule has 6 nitrogen and oxygen atoms in total. The summed E-state index contributed by atoms with van der Waals surface area (Å²) in [4.78, 5) is 25.1. The number of nitrogens with one attached hydrogen (secondary N) is 2. The standard InChI is InChI=1S/C15H21N3O3/c1-16-14(19)18-9-5-8-13(10-18)17-15(20)21-11-12-6-3-2-4-7-12/h2-4,6-7,13H,5,8-11H2,1H3,(H,16,19)(H,17,20). The van der Waals surface area contributed by atoms with E-state index in [1.54, 1.807) is 11.9 Å². The lowest BCUT2D eigenvalue weighted by molar-refractivity contribution is 0.126. The van der Waals surface area contributed by atoms with E-state index in [0.29, 0.717) is 6.54 Å². The Morgan fingerprint density at radius 3 is 2.81 bits per heavy atom. The van der Waals surface area contributed by atoms with Gasteiger partial charge in [0.1, 0.15) is 6.61 Å². The minimum Gasteiger partial charge on any atom is -0.445 e. The molecule has 1 saturated heterocycles. The number of ether oxygens (including phenoxy) is 1. The molecule has 2 rings (SSSR count). The van der Waals surface area contributed by atoms with Crippen molar-refractivity contribution >= 4 is 12.1 Å². The first kappa shape index (κ1) is 15.2. The molecule has 0 saturated carbocycles. The van der Waals surface area contributed by atoms with E-state index in [1.165, 1.54) is 0 Å². The SMILES string of the molecule is CNC(=O)N1CCCC(NC(=O)OCc2ccccc2)C1. The fourth-order valence-corrected chi connectivity index (χ4v) is 2.37. The molecule has 1 atom stereocenters. The van der Waals surface area contributed by atoms with Crippen LogP contribution in [0, 0.1) is 0 Å². The maximum Gasteiger partial charge on any atom is 0.407 e. The van der Waals surface area contributed by atoms with Crippen molar-refractivity contribution in [3.05, 3.63) is 35.9 Å². The van der Waals surface area contributed by atoms with Crippen molar-refractivity contribution in [3.8, 4) is 0 Å². The van der Waals surface area contributed by atoms with Crippen molar-refractivity contribution in [1.29, 1.82) is 0 Å². The van der Waals surface area contributed by atoms with Gasteiger partial charge in [-0.15, -0.1) is 0 Å². The molecule has 6 heteroatoms. The molecule has 0 aromatic heterocycles. The van der Waals surface area contributed by atoms with Crippen molar-refractivity contribution in [3.63, 3.8) is 0 Å². The Balaban J connectivity index is 1.76. The first-order chi connectivity index (χ1) is 10.2. The maximum absolute atomic E-state index is 11.8. The Bertz CT molecular complexity index is 478. The van der Waals surface area contributed by atoms with Crippen LogP contribution in [0.2, 0.25) is 0 Å². The van der Waals surface area contributed by atoms with E-state index in [2.05, 4.69) is 10.6 Å². The number of piperidine rings is 1. The Hall–Kier alpha value is -2.24. The van der Waals surface area contributed by atoms with Gasteiger partial charge < -0.3 is 20.3 Å². The maximum atomic E-state index is 11.8. The van der Waals surface area contributed by atoms with E-state index >= 15 is 0 Å². The number of hydrogen-bond donors (Lipinski definition) is 2. The highest BCUT2D eigenvalue weighted by molar-refractivity contribution is 5.74. The van der Waals surface area contributed by atoms with Crippen LogP contribution in [0.15, 0.2) is 30.3 Å². The van der Waals surface area contributed by atoms with Gasteiger partial charge in [0.05, 0.1) is 0 Å². The normalized spacial score (nSPS) is 18.0. The molecule has 1 aliphatic heterocycles. The molecule has 1 aliphatic rings. The third-order valence-electron chi connectivity index (χ3n) is 3.46. The first-order valence-corrected chi connectivity index (χ1v) is 7.13. The number of rotatable bonds is 3. The second kappa shape index (κ2) is 7.52. The Kier molecular flexibility index (Phi) is 5.43. The minimum atomic E-state index is -0.442. The molecule has 1 heterocycles. The number of likely N-dealkylation sites (tertiary alicyclic amines) is 1. The summed E-state index contributed by atoms with van der Waals surface area (Å²) in [5, 5.41) is 5.41. The summed E-state index contributed by atoms with van der Waals surface area (Å²) in [6.07, 6.45) is 1.29. The van der Waals surface area contributed by atoms with Crippen molar-refractivity contribution in [2.24, 2.45) is 0 Å². The molecule has 0 aliphatic carbocycles. The third kappa shape index (κ3) is 4.66. The topological polar surface area (TPSA) is 70.7 Å². The van der Waals surface area contributed by atoms with Crippen molar-refractivity contribution in [2.75, 3.05) is 20.1 Å². The molecule has 21 heavy (non-hydrogen) atoms. The fraction of sp³-hybridized carbons (Fsp3) is 0.467. The van der Waals surface area contributed by atoms with Gasteiger partial charge in [0.25, 0.3) is 0 Å². The lowest BCUT2D eigenvalue weighted by atomic mass is 10.1. The summed E-state index contributed by atoms with van der Waals surface area (Å²) >= 11 is 0. The first-order valence-electron chi connectivity index (χ1n) is 7.13. The van der Waals surface area contributed by atoms with Gasteiger partial charge in [0.2, 0.25) is 0 Å². The molecule has 0 bridgehead atoms. The molecule has 1 aromatic rings. The van der Waals surface area contributed by atoms with Crippen LogP contribution in [-0.4, -0.2) is 43.2 Å². The van der Waals surface area contributed by atoms with Crippen LogP contribution in [0.5, 0.6) is 0 Å². The molecular weight excluding hydrogens is 270 g/mol. The minimum absolute atomic E-state index is 0.0562. The molecule has 2 N–H and O–H groups in total. The van der Waals surface area contributed by atoms with Crippen molar-refractivity contribution < 1.29 is 14.3 Å². The third-order valence-corrected chi connectivity index (χ3v) is 3.46. The predicted molar refractivity (Wildman–Crippen MR) is 78.8 cm³/mol. The quantitative estimate of drug-likeness (QED) is 0.890. The molecule has 114 valence electrons. The second-order valence-corrected chi connectivity index (χ2v) is 5.05. The number of carbonyl (C=O) groups is 2. The zero-order valence-corrected chi connectivity index (χ0v) is 12.2. The van der Waals surface area contributed by atoms with Crippen LogP contribution in [0.4, 0.5) is 9.59 Å². The van der Waals surface area contributed by atoms with E-state index in [4.69, 9.17) is 4.74 Å². The van der Waals surface area contributed by atoms with E-state index in [0.717, 1.165) is 24.9 Å². The molecule has 3 amide bonds. The summed E-state index contributed by atoms with van der Waals surface area (Å²) in [6, 6.07) is 9.36. The van der Waals surface area contributed by atoms with Crippen LogP contribution < -0.4 is 10.6 Å². The van der Waals surface area contributed by atoms with Crippen LogP contribution >= 0.6 is 0 Å². The summed E-state index contributed by atoms with van der Waals surface area (Å²) < 4.78 is 5.18. The van der Waals surface area contributed by atoms with Gasteiger partial charge in [-0.1, -0.05) is 30.3 Å². The van der Waals surface area contributed by atoms with E-state index in [-0.39, 0.29) is 18.7 Å². The summed E-state index contributed by atoms with van der Waals surface area (Å²) in [5.74, 6) is 0. The van der Waals surface area contributed by atoms with Gasteiger partial charge in [-0.3, -0.25) is 0 Å². The monoisotopic (exact) mass is 291 g/mol. The van der Waals surface area contributed by atoms with E-state index < -0.39 is 6.09 Å². The summed E-state index contributed by atoms with van der Waals surface area (Å²) in [6.45, 7) is 1.48. The van der Waals surface area contributed by atoms with Gasteiger partial charge in [0.15, 0.2) is 0 Å². The summed E-state index contributed by atoms with van der Waals surface area (Å²) in [7, 11) is 1.60. The second-order valence-electron chi connectivity index (χ2n) is 5.05. The Labute approximate surface area is 124 Å². The number of amides is 3. The van der Waals surface area contributed by atoms with Crippen LogP contribution in [0.1, 0.15) is 18.4 Å². The number of carbonyl (C=O) groups excluding carboxylic acids is 2. The summed E-state index contributed by atoms with van der Waals surface area (Å²) in [5.41, 5.74) is 0.947. The van der Waals surface area contributed by atoms with Gasteiger partial charge in [-0.05, 0) is 18.4 Å². The average Bonchev–Trinajstić information content (AvgIpc) is 2.53. The molecule has 1 aromatic carbocycles. The number of benzene rings is 1. The van der Waals surface area contributed by atoms with Crippen LogP contribution in [0.25, 0.3) is 0 Å². The van der Waals surface area contributed by atoms with Gasteiger partial charge in [0, 0.05) is 26.2 Å². The van der Waals surface area contributed by atoms with Gasteiger partial charge in [-0.25, -0.2) is 9.59 Å². The van der Waals surface area contributed by atoms with E-state index in [9.17, 15) is 9.59 Å². The molecule has 1 fully saturated rings. The zero-order chi connectivity index (χ0) is 15.1.